The zero-order valence-corrected chi connectivity index (χ0v) is 14.7. The summed E-state index contributed by atoms with van der Waals surface area (Å²) in [7, 11) is 0. The van der Waals surface area contributed by atoms with Gasteiger partial charge >= 0.3 is 0 Å². The van der Waals surface area contributed by atoms with Crippen molar-refractivity contribution in [1.82, 2.24) is 4.98 Å². The smallest absolute Gasteiger partial charge is 0.257 e. The van der Waals surface area contributed by atoms with E-state index in [-0.39, 0.29) is 5.91 Å². The van der Waals surface area contributed by atoms with Gasteiger partial charge in [0.15, 0.2) is 0 Å². The molecule has 2 aromatic carbocycles. The summed E-state index contributed by atoms with van der Waals surface area (Å²) in [5, 5.41) is 3.52. The highest BCUT2D eigenvalue weighted by Crippen LogP contribution is 2.25. The molecule has 5 heteroatoms. The van der Waals surface area contributed by atoms with Crippen molar-refractivity contribution < 1.29 is 9.53 Å². The average Bonchev–Trinajstić information content (AvgIpc) is 2.57. The molecule has 0 saturated carbocycles. The van der Waals surface area contributed by atoms with E-state index < -0.39 is 0 Å². The fourth-order valence-electron chi connectivity index (χ4n) is 2.40. The Hall–Kier alpha value is -2.85. The predicted octanol–water partition coefficient (Wildman–Crippen LogP) is 5.40. The van der Waals surface area contributed by atoms with Gasteiger partial charge in [0.05, 0.1) is 11.3 Å². The Morgan fingerprint density at radius 1 is 1.00 bits per heavy atom. The third-order valence-electron chi connectivity index (χ3n) is 3.61. The molecule has 0 fully saturated rings. The number of ether oxygens (including phenoxy) is 1. The SMILES string of the molecule is Cc1ccc(C(=O)Nc2cccc(Oc3ccc(Cl)cc3)c2)c(C)n1. The number of benzene rings is 2. The van der Waals surface area contributed by atoms with Crippen molar-refractivity contribution in [2.75, 3.05) is 5.32 Å². The molecule has 3 aromatic rings. The number of halogens is 1. The lowest BCUT2D eigenvalue weighted by Crippen LogP contribution is -2.14. The molecule has 0 atom stereocenters. The van der Waals surface area contributed by atoms with Crippen molar-refractivity contribution in [3.05, 3.63) is 82.6 Å². The molecule has 0 radical (unpaired) electrons. The predicted molar refractivity (Wildman–Crippen MR) is 99.6 cm³/mol. The summed E-state index contributed by atoms with van der Waals surface area (Å²) in [6, 6.07) is 17.9. The van der Waals surface area contributed by atoms with Gasteiger partial charge in [-0.15, -0.1) is 0 Å². The van der Waals surface area contributed by atoms with Crippen LogP contribution in [0.4, 0.5) is 5.69 Å². The van der Waals surface area contributed by atoms with E-state index in [1.807, 2.05) is 38.1 Å². The van der Waals surface area contributed by atoms with Crippen LogP contribution in [-0.2, 0) is 0 Å². The second-order valence-electron chi connectivity index (χ2n) is 5.62. The molecule has 0 unspecified atom stereocenters. The van der Waals surface area contributed by atoms with Gasteiger partial charge in [-0.3, -0.25) is 9.78 Å². The van der Waals surface area contributed by atoms with Gasteiger partial charge in [0, 0.05) is 22.5 Å². The van der Waals surface area contributed by atoms with Gasteiger partial charge < -0.3 is 10.1 Å². The summed E-state index contributed by atoms with van der Waals surface area (Å²) in [5.74, 6) is 1.10. The molecule has 3 rings (SSSR count). The third-order valence-corrected chi connectivity index (χ3v) is 3.86. The number of pyridine rings is 1. The largest absolute Gasteiger partial charge is 0.457 e. The minimum Gasteiger partial charge on any atom is -0.457 e. The minimum absolute atomic E-state index is 0.200. The zero-order valence-electron chi connectivity index (χ0n) is 13.9. The fraction of sp³-hybridized carbons (Fsp3) is 0.100. The molecule has 1 N–H and O–H groups in total. The summed E-state index contributed by atoms with van der Waals surface area (Å²) < 4.78 is 5.78. The third kappa shape index (κ3) is 4.37. The van der Waals surface area contributed by atoms with Crippen LogP contribution in [0.3, 0.4) is 0 Å². The molecule has 0 saturated heterocycles. The Morgan fingerprint density at radius 3 is 2.48 bits per heavy atom. The number of nitrogens with zero attached hydrogens (tertiary/aromatic N) is 1. The average molecular weight is 353 g/mol. The first-order valence-corrected chi connectivity index (χ1v) is 8.18. The van der Waals surface area contributed by atoms with Gasteiger partial charge in [-0.25, -0.2) is 0 Å². The number of carbonyl (C=O) groups is 1. The van der Waals surface area contributed by atoms with Crippen LogP contribution in [-0.4, -0.2) is 10.9 Å². The minimum atomic E-state index is -0.200. The first-order valence-electron chi connectivity index (χ1n) is 7.80. The quantitative estimate of drug-likeness (QED) is 0.684. The zero-order chi connectivity index (χ0) is 17.8. The molecule has 4 nitrogen and oxygen atoms in total. The number of aryl methyl sites for hydroxylation is 2. The van der Waals surface area contributed by atoms with E-state index in [9.17, 15) is 4.79 Å². The number of rotatable bonds is 4. The van der Waals surface area contributed by atoms with E-state index in [1.54, 1.807) is 36.4 Å². The van der Waals surface area contributed by atoms with Crippen molar-refractivity contribution in [3.63, 3.8) is 0 Å². The highest BCUT2D eigenvalue weighted by atomic mass is 35.5. The Balaban J connectivity index is 1.75. The van der Waals surface area contributed by atoms with Crippen LogP contribution < -0.4 is 10.1 Å². The lowest BCUT2D eigenvalue weighted by Gasteiger charge is -2.10. The maximum Gasteiger partial charge on any atom is 0.257 e. The normalized spacial score (nSPS) is 10.4. The van der Waals surface area contributed by atoms with Crippen molar-refractivity contribution >= 4 is 23.2 Å². The molecule has 0 bridgehead atoms. The second-order valence-corrected chi connectivity index (χ2v) is 6.06. The lowest BCUT2D eigenvalue weighted by atomic mass is 10.1. The Labute approximate surface area is 151 Å². The van der Waals surface area contributed by atoms with E-state index >= 15 is 0 Å². The molecular weight excluding hydrogens is 336 g/mol. The van der Waals surface area contributed by atoms with Gasteiger partial charge in [-0.1, -0.05) is 17.7 Å². The lowest BCUT2D eigenvalue weighted by molar-refractivity contribution is 0.102. The van der Waals surface area contributed by atoms with Crippen LogP contribution in [0.1, 0.15) is 21.7 Å². The summed E-state index contributed by atoms with van der Waals surface area (Å²) in [5.41, 5.74) is 2.78. The summed E-state index contributed by atoms with van der Waals surface area (Å²) in [4.78, 5) is 16.8. The molecular formula is C20H17ClN2O2. The van der Waals surface area contributed by atoms with Gasteiger partial charge in [0.25, 0.3) is 5.91 Å². The molecule has 0 aliphatic rings. The number of carbonyl (C=O) groups excluding carboxylic acids is 1. The van der Waals surface area contributed by atoms with E-state index in [1.165, 1.54) is 0 Å². The van der Waals surface area contributed by atoms with E-state index in [2.05, 4.69) is 10.3 Å². The Bertz CT molecular complexity index is 908. The number of amides is 1. The highest BCUT2D eigenvalue weighted by Gasteiger charge is 2.11. The number of hydrogen-bond acceptors (Lipinski definition) is 3. The van der Waals surface area contributed by atoms with Crippen LogP contribution in [0.25, 0.3) is 0 Å². The van der Waals surface area contributed by atoms with Crippen molar-refractivity contribution in [2.24, 2.45) is 0 Å². The standard InChI is InChI=1S/C20H17ClN2O2/c1-13-6-11-19(14(2)22-13)20(24)23-16-4-3-5-18(12-16)25-17-9-7-15(21)8-10-17/h3-12H,1-2H3,(H,23,24). The second kappa shape index (κ2) is 7.36. The number of nitrogens with one attached hydrogen (secondary N) is 1. The maximum absolute atomic E-state index is 12.4. The molecule has 0 spiro atoms. The molecule has 0 aliphatic heterocycles. The van der Waals surface area contributed by atoms with Crippen molar-refractivity contribution in [1.29, 1.82) is 0 Å². The molecule has 0 aliphatic carbocycles. The summed E-state index contributed by atoms with van der Waals surface area (Å²) in [6.07, 6.45) is 0. The Morgan fingerprint density at radius 2 is 1.76 bits per heavy atom. The van der Waals surface area contributed by atoms with E-state index in [4.69, 9.17) is 16.3 Å². The van der Waals surface area contributed by atoms with E-state index in [0.29, 0.717) is 33.5 Å². The van der Waals surface area contributed by atoms with Crippen LogP contribution >= 0.6 is 11.6 Å². The first kappa shape index (κ1) is 17.0. The fourth-order valence-corrected chi connectivity index (χ4v) is 2.53. The molecule has 1 amide bonds. The van der Waals surface area contributed by atoms with Crippen LogP contribution in [0.2, 0.25) is 5.02 Å². The monoisotopic (exact) mass is 352 g/mol. The van der Waals surface area contributed by atoms with Gasteiger partial charge in [0.2, 0.25) is 0 Å². The van der Waals surface area contributed by atoms with E-state index in [0.717, 1.165) is 5.69 Å². The molecule has 126 valence electrons. The summed E-state index contributed by atoms with van der Waals surface area (Å²) in [6.45, 7) is 3.72. The topological polar surface area (TPSA) is 51.2 Å². The highest BCUT2D eigenvalue weighted by molar-refractivity contribution is 6.30. The number of hydrogen-bond donors (Lipinski definition) is 1. The van der Waals surface area contributed by atoms with Crippen LogP contribution in [0.15, 0.2) is 60.7 Å². The number of aromatic nitrogens is 1. The molecule has 1 aromatic heterocycles. The molecule has 25 heavy (non-hydrogen) atoms. The molecule has 1 heterocycles. The maximum atomic E-state index is 12.4. The van der Waals surface area contributed by atoms with Crippen LogP contribution in [0.5, 0.6) is 11.5 Å². The van der Waals surface area contributed by atoms with Gasteiger partial charge in [0.1, 0.15) is 11.5 Å². The van der Waals surface area contributed by atoms with Gasteiger partial charge in [-0.2, -0.15) is 0 Å². The first-order chi connectivity index (χ1) is 12.0. The van der Waals surface area contributed by atoms with Crippen molar-refractivity contribution in [3.8, 4) is 11.5 Å². The Kier molecular flexibility index (Phi) is 5.00. The number of anilines is 1. The summed E-state index contributed by atoms with van der Waals surface area (Å²) >= 11 is 5.87. The van der Waals surface area contributed by atoms with Gasteiger partial charge in [-0.05, 0) is 62.4 Å². The van der Waals surface area contributed by atoms with Crippen LogP contribution in [0, 0.1) is 13.8 Å². The van der Waals surface area contributed by atoms with Crippen molar-refractivity contribution in [2.45, 2.75) is 13.8 Å².